The van der Waals surface area contributed by atoms with Crippen molar-refractivity contribution in [3.8, 4) is 0 Å². The maximum absolute atomic E-state index is 13.5. The molecule has 3 aliphatic rings. The standard InChI is InChI=1S/C23H29N5O3/c1-17-13-20(31-25-17)19-9-5-12-27(19)16-28-21(29)23(24-22(28)30)10-6-11-26(15-23)14-18-7-3-2-4-8-18/h2-4,7-8,13,19H,5-6,9-12,14-16H2,1H3,(H,24,30). The number of nitrogens with zero attached hydrogens (tertiary/aromatic N) is 4. The molecule has 3 aliphatic heterocycles. The van der Waals surface area contributed by atoms with Crippen molar-refractivity contribution in [2.45, 2.75) is 50.7 Å². The first-order chi connectivity index (χ1) is 15.0. The van der Waals surface area contributed by atoms with E-state index in [4.69, 9.17) is 4.52 Å². The lowest BCUT2D eigenvalue weighted by molar-refractivity contribution is -0.135. The van der Waals surface area contributed by atoms with Crippen molar-refractivity contribution >= 4 is 11.9 Å². The number of amides is 3. The molecule has 0 radical (unpaired) electrons. The fraction of sp³-hybridized carbons (Fsp3) is 0.522. The normalized spacial score (nSPS) is 27.4. The zero-order valence-electron chi connectivity index (χ0n) is 17.9. The molecule has 2 atom stereocenters. The summed E-state index contributed by atoms with van der Waals surface area (Å²) in [7, 11) is 0. The summed E-state index contributed by atoms with van der Waals surface area (Å²) in [6, 6.07) is 12.0. The van der Waals surface area contributed by atoms with Crippen molar-refractivity contribution < 1.29 is 14.1 Å². The molecule has 2 unspecified atom stereocenters. The second-order valence-corrected chi connectivity index (χ2v) is 9.03. The van der Waals surface area contributed by atoms with Gasteiger partial charge in [0.2, 0.25) is 0 Å². The number of hydrogen-bond donors (Lipinski definition) is 1. The van der Waals surface area contributed by atoms with Gasteiger partial charge in [-0.25, -0.2) is 9.69 Å². The van der Waals surface area contributed by atoms with Gasteiger partial charge in [-0.2, -0.15) is 0 Å². The molecular formula is C23H29N5O3. The van der Waals surface area contributed by atoms with E-state index in [0.29, 0.717) is 13.0 Å². The van der Waals surface area contributed by atoms with E-state index in [0.717, 1.165) is 50.4 Å². The van der Waals surface area contributed by atoms with E-state index in [1.54, 1.807) is 0 Å². The fourth-order valence-electron chi connectivity index (χ4n) is 5.24. The molecule has 1 aromatic heterocycles. The summed E-state index contributed by atoms with van der Waals surface area (Å²) in [5, 5.41) is 7.05. The van der Waals surface area contributed by atoms with Crippen molar-refractivity contribution in [1.82, 2.24) is 25.2 Å². The molecular weight excluding hydrogens is 394 g/mol. The zero-order chi connectivity index (χ0) is 21.4. The van der Waals surface area contributed by atoms with E-state index < -0.39 is 5.54 Å². The number of nitrogens with one attached hydrogen (secondary N) is 1. The molecule has 5 rings (SSSR count). The van der Waals surface area contributed by atoms with Gasteiger partial charge in [0, 0.05) is 25.7 Å². The lowest BCUT2D eigenvalue weighted by Gasteiger charge is -2.38. The van der Waals surface area contributed by atoms with Gasteiger partial charge in [0.25, 0.3) is 5.91 Å². The molecule has 1 spiro atoms. The van der Waals surface area contributed by atoms with E-state index >= 15 is 0 Å². The Morgan fingerprint density at radius 2 is 2.03 bits per heavy atom. The smallest absolute Gasteiger partial charge is 0.326 e. The number of urea groups is 1. The van der Waals surface area contributed by atoms with Crippen molar-refractivity contribution in [3.05, 3.63) is 53.4 Å². The number of piperidine rings is 1. The summed E-state index contributed by atoms with van der Waals surface area (Å²) in [4.78, 5) is 32.2. The van der Waals surface area contributed by atoms with Crippen LogP contribution in [0.4, 0.5) is 4.79 Å². The van der Waals surface area contributed by atoms with E-state index in [2.05, 4.69) is 32.4 Å². The van der Waals surface area contributed by atoms with Crippen LogP contribution in [-0.2, 0) is 11.3 Å². The molecule has 3 amide bonds. The van der Waals surface area contributed by atoms with Crippen LogP contribution in [0.2, 0.25) is 0 Å². The number of aromatic nitrogens is 1. The first-order valence-electron chi connectivity index (χ1n) is 11.1. The maximum Gasteiger partial charge on any atom is 0.326 e. The lowest BCUT2D eigenvalue weighted by Crippen LogP contribution is -2.58. The topological polar surface area (TPSA) is 81.9 Å². The Bertz CT molecular complexity index is 961. The molecule has 1 N–H and O–H groups in total. The van der Waals surface area contributed by atoms with Crippen molar-refractivity contribution in [3.63, 3.8) is 0 Å². The van der Waals surface area contributed by atoms with Gasteiger partial charge in [0.05, 0.1) is 18.4 Å². The first-order valence-corrected chi connectivity index (χ1v) is 11.1. The molecule has 8 nitrogen and oxygen atoms in total. The predicted octanol–water partition coefficient (Wildman–Crippen LogP) is 2.66. The van der Waals surface area contributed by atoms with E-state index in [-0.39, 0.29) is 24.6 Å². The largest absolute Gasteiger partial charge is 0.359 e. The van der Waals surface area contributed by atoms with E-state index in [1.807, 2.05) is 31.2 Å². The quantitative estimate of drug-likeness (QED) is 0.745. The molecule has 0 bridgehead atoms. The van der Waals surface area contributed by atoms with Crippen LogP contribution in [0.15, 0.2) is 40.9 Å². The van der Waals surface area contributed by atoms with Crippen LogP contribution in [0, 0.1) is 6.92 Å². The van der Waals surface area contributed by atoms with Gasteiger partial charge >= 0.3 is 6.03 Å². The number of aryl methyl sites for hydroxylation is 1. The Balaban J connectivity index is 1.28. The number of imide groups is 1. The summed E-state index contributed by atoms with van der Waals surface area (Å²) in [5.74, 6) is 0.707. The predicted molar refractivity (Wildman–Crippen MR) is 114 cm³/mol. The van der Waals surface area contributed by atoms with Gasteiger partial charge < -0.3 is 9.84 Å². The van der Waals surface area contributed by atoms with Crippen LogP contribution in [0.1, 0.15) is 48.7 Å². The van der Waals surface area contributed by atoms with Crippen LogP contribution in [-0.4, -0.2) is 63.6 Å². The molecule has 8 heteroatoms. The number of hydrogen-bond acceptors (Lipinski definition) is 6. The van der Waals surface area contributed by atoms with Crippen LogP contribution >= 0.6 is 0 Å². The third-order valence-corrected chi connectivity index (χ3v) is 6.73. The van der Waals surface area contributed by atoms with Crippen LogP contribution < -0.4 is 5.32 Å². The highest BCUT2D eigenvalue weighted by atomic mass is 16.5. The average Bonchev–Trinajstić information content (AvgIpc) is 3.45. The third kappa shape index (κ3) is 3.85. The molecule has 1 aromatic carbocycles. The number of likely N-dealkylation sites (tertiary alicyclic amines) is 2. The highest BCUT2D eigenvalue weighted by Gasteiger charge is 2.53. The van der Waals surface area contributed by atoms with Crippen LogP contribution in [0.5, 0.6) is 0 Å². The van der Waals surface area contributed by atoms with E-state index in [1.165, 1.54) is 10.5 Å². The number of rotatable bonds is 5. The minimum absolute atomic E-state index is 0.0549. The van der Waals surface area contributed by atoms with Gasteiger partial charge in [-0.1, -0.05) is 35.5 Å². The van der Waals surface area contributed by atoms with Crippen molar-refractivity contribution in [2.75, 3.05) is 26.3 Å². The third-order valence-electron chi connectivity index (χ3n) is 6.73. The molecule has 2 aromatic rings. The summed E-state index contributed by atoms with van der Waals surface area (Å²) < 4.78 is 5.47. The van der Waals surface area contributed by atoms with Gasteiger partial charge in [-0.3, -0.25) is 14.6 Å². The Morgan fingerprint density at radius 1 is 1.19 bits per heavy atom. The lowest BCUT2D eigenvalue weighted by atomic mass is 9.88. The number of carbonyl (C=O) groups is 2. The summed E-state index contributed by atoms with van der Waals surface area (Å²) in [5.41, 5.74) is 1.24. The maximum atomic E-state index is 13.5. The highest BCUT2D eigenvalue weighted by molar-refractivity contribution is 6.07. The number of carbonyl (C=O) groups excluding carboxylic acids is 2. The Hall–Kier alpha value is -2.71. The Morgan fingerprint density at radius 3 is 2.81 bits per heavy atom. The van der Waals surface area contributed by atoms with Crippen molar-refractivity contribution in [2.24, 2.45) is 0 Å². The molecule has 4 heterocycles. The highest BCUT2D eigenvalue weighted by Crippen LogP contribution is 2.34. The minimum Gasteiger partial charge on any atom is -0.359 e. The van der Waals surface area contributed by atoms with Gasteiger partial charge in [-0.05, 0) is 44.7 Å². The van der Waals surface area contributed by atoms with Gasteiger partial charge in [0.1, 0.15) is 5.54 Å². The van der Waals surface area contributed by atoms with Crippen molar-refractivity contribution in [1.29, 1.82) is 0 Å². The first kappa shape index (κ1) is 20.2. The zero-order valence-corrected chi connectivity index (χ0v) is 17.9. The molecule has 3 saturated heterocycles. The average molecular weight is 424 g/mol. The van der Waals surface area contributed by atoms with Gasteiger partial charge in [0.15, 0.2) is 5.76 Å². The Kier molecular flexibility index (Phi) is 5.27. The fourth-order valence-corrected chi connectivity index (χ4v) is 5.24. The molecule has 0 aliphatic carbocycles. The van der Waals surface area contributed by atoms with Crippen LogP contribution in [0.25, 0.3) is 0 Å². The Labute approximate surface area is 182 Å². The second kappa shape index (κ2) is 8.09. The molecule has 31 heavy (non-hydrogen) atoms. The molecule has 0 saturated carbocycles. The SMILES string of the molecule is Cc1cc(C2CCCN2CN2C(=O)NC3(CCCN(Cc4ccccc4)C3)C2=O)on1. The monoisotopic (exact) mass is 423 g/mol. The summed E-state index contributed by atoms with van der Waals surface area (Å²) in [6.07, 6.45) is 3.51. The minimum atomic E-state index is -0.817. The van der Waals surface area contributed by atoms with E-state index in [9.17, 15) is 9.59 Å². The van der Waals surface area contributed by atoms with Gasteiger partial charge in [-0.15, -0.1) is 0 Å². The molecule has 3 fully saturated rings. The second-order valence-electron chi connectivity index (χ2n) is 9.03. The molecule has 164 valence electrons. The van der Waals surface area contributed by atoms with Crippen LogP contribution in [0.3, 0.4) is 0 Å². The summed E-state index contributed by atoms with van der Waals surface area (Å²) >= 11 is 0. The summed E-state index contributed by atoms with van der Waals surface area (Å²) in [6.45, 7) is 5.28. The number of benzene rings is 1.